The highest BCUT2D eigenvalue weighted by molar-refractivity contribution is 7.07. The molecule has 0 fully saturated rings. The van der Waals surface area contributed by atoms with Gasteiger partial charge in [0.15, 0.2) is 0 Å². The van der Waals surface area contributed by atoms with Crippen LogP contribution >= 0.6 is 22.9 Å². The summed E-state index contributed by atoms with van der Waals surface area (Å²) in [4.78, 5) is 13.8. The van der Waals surface area contributed by atoms with Crippen molar-refractivity contribution in [2.45, 2.75) is 39.9 Å². The molecule has 0 unspecified atom stereocenters. The lowest BCUT2D eigenvalue weighted by Gasteiger charge is -2.06. The number of thiazole rings is 1. The maximum Gasteiger partial charge on any atom is 0.304 e. The van der Waals surface area contributed by atoms with Crippen LogP contribution in [0.3, 0.4) is 0 Å². The van der Waals surface area contributed by atoms with Crippen molar-refractivity contribution in [3.05, 3.63) is 37.2 Å². The van der Waals surface area contributed by atoms with Crippen LogP contribution in [0.5, 0.6) is 0 Å². The molecule has 0 aliphatic heterocycles. The second-order valence-corrected chi connectivity index (χ2v) is 5.37. The van der Waals surface area contributed by atoms with Crippen molar-refractivity contribution in [1.82, 2.24) is 20.1 Å². The Kier molecular flexibility index (Phi) is 4.79. The van der Waals surface area contributed by atoms with Gasteiger partial charge in [-0.15, -0.1) is 0 Å². The normalized spacial score (nSPS) is 11.1. The molecule has 0 aromatic carbocycles. The van der Waals surface area contributed by atoms with Crippen molar-refractivity contribution in [3.63, 3.8) is 0 Å². The Hall–Kier alpha value is -1.11. The minimum atomic E-state index is -0.0262. The number of aromatic amines is 1. The van der Waals surface area contributed by atoms with Crippen molar-refractivity contribution in [3.8, 4) is 0 Å². The van der Waals surface area contributed by atoms with Crippen LogP contribution in [0.2, 0.25) is 5.02 Å². The van der Waals surface area contributed by atoms with Gasteiger partial charge in [-0.3, -0.25) is 9.48 Å². The summed E-state index contributed by atoms with van der Waals surface area (Å²) >= 11 is 7.49. The Balaban J connectivity index is 2.02. The monoisotopic (exact) mass is 300 g/mol. The van der Waals surface area contributed by atoms with Crippen molar-refractivity contribution >= 4 is 22.9 Å². The zero-order chi connectivity index (χ0) is 13.8. The van der Waals surface area contributed by atoms with E-state index in [9.17, 15) is 4.79 Å². The number of H-pyrrole nitrogens is 1. The first-order chi connectivity index (χ1) is 9.15. The fourth-order valence-corrected chi connectivity index (χ4v) is 2.82. The third kappa shape index (κ3) is 3.26. The maximum absolute atomic E-state index is 11.0. The third-order valence-electron chi connectivity index (χ3n) is 2.87. The van der Waals surface area contributed by atoms with Gasteiger partial charge in [0.2, 0.25) is 0 Å². The van der Waals surface area contributed by atoms with E-state index in [0.717, 1.165) is 35.1 Å². The Morgan fingerprint density at radius 3 is 2.84 bits per heavy atom. The average molecular weight is 301 g/mol. The minimum absolute atomic E-state index is 0.0262. The van der Waals surface area contributed by atoms with E-state index in [1.54, 1.807) is 0 Å². The Morgan fingerprint density at radius 1 is 1.47 bits per heavy atom. The molecule has 0 saturated carbocycles. The van der Waals surface area contributed by atoms with Crippen LogP contribution in [0.15, 0.2) is 10.2 Å². The SMILES string of the molecule is CCc1nn(CC)c(CNCc2csc(=O)[nH]2)c1Cl. The fourth-order valence-electron chi connectivity index (χ4n) is 1.90. The number of nitrogens with one attached hydrogen (secondary N) is 2. The van der Waals surface area contributed by atoms with Gasteiger partial charge in [-0.05, 0) is 13.3 Å². The smallest absolute Gasteiger partial charge is 0.304 e. The van der Waals surface area contributed by atoms with Gasteiger partial charge in [0.05, 0.1) is 16.4 Å². The topological polar surface area (TPSA) is 62.7 Å². The highest BCUT2D eigenvalue weighted by atomic mass is 35.5. The molecule has 2 aromatic heterocycles. The lowest BCUT2D eigenvalue weighted by molar-refractivity contribution is 0.575. The van der Waals surface area contributed by atoms with E-state index in [1.165, 1.54) is 11.3 Å². The van der Waals surface area contributed by atoms with E-state index in [0.29, 0.717) is 13.1 Å². The van der Waals surface area contributed by atoms with Crippen LogP contribution in [0, 0.1) is 0 Å². The lowest BCUT2D eigenvalue weighted by atomic mass is 10.3. The molecule has 0 spiro atoms. The van der Waals surface area contributed by atoms with E-state index in [2.05, 4.69) is 15.4 Å². The summed E-state index contributed by atoms with van der Waals surface area (Å²) < 4.78 is 1.92. The van der Waals surface area contributed by atoms with Crippen molar-refractivity contribution in [1.29, 1.82) is 0 Å². The predicted octanol–water partition coefficient (Wildman–Crippen LogP) is 2.16. The largest absolute Gasteiger partial charge is 0.315 e. The van der Waals surface area contributed by atoms with Crippen LogP contribution in [0.4, 0.5) is 0 Å². The maximum atomic E-state index is 11.0. The molecule has 2 N–H and O–H groups in total. The van der Waals surface area contributed by atoms with Crippen LogP contribution < -0.4 is 10.2 Å². The van der Waals surface area contributed by atoms with E-state index in [1.807, 2.05) is 23.9 Å². The molecule has 0 radical (unpaired) electrons. The fraction of sp³-hybridized carbons (Fsp3) is 0.500. The molecular weight excluding hydrogens is 284 g/mol. The molecule has 2 heterocycles. The number of rotatable bonds is 6. The second kappa shape index (κ2) is 6.36. The van der Waals surface area contributed by atoms with Crippen LogP contribution in [-0.4, -0.2) is 14.8 Å². The average Bonchev–Trinajstić information content (AvgIpc) is 2.94. The summed E-state index contributed by atoms with van der Waals surface area (Å²) in [5, 5.41) is 10.3. The molecule has 2 rings (SSSR count). The van der Waals surface area contributed by atoms with Crippen LogP contribution in [0.25, 0.3) is 0 Å². The Morgan fingerprint density at radius 2 is 2.26 bits per heavy atom. The van der Waals surface area contributed by atoms with Gasteiger partial charge in [-0.1, -0.05) is 29.9 Å². The summed E-state index contributed by atoms with van der Waals surface area (Å²) in [5.74, 6) is 0. The van der Waals surface area contributed by atoms with Gasteiger partial charge in [-0.25, -0.2) is 0 Å². The third-order valence-corrected chi connectivity index (χ3v) is 4.03. The number of aromatic nitrogens is 3. The van der Waals surface area contributed by atoms with Gasteiger partial charge >= 0.3 is 4.87 Å². The summed E-state index contributed by atoms with van der Waals surface area (Å²) in [5.41, 5.74) is 2.83. The van der Waals surface area contributed by atoms with Crippen molar-refractivity contribution in [2.24, 2.45) is 0 Å². The Labute approximate surface area is 120 Å². The number of aryl methyl sites for hydroxylation is 2. The van der Waals surface area contributed by atoms with Crippen molar-refractivity contribution in [2.75, 3.05) is 0 Å². The van der Waals surface area contributed by atoms with Crippen molar-refractivity contribution < 1.29 is 0 Å². The molecule has 0 bridgehead atoms. The molecule has 0 saturated heterocycles. The van der Waals surface area contributed by atoms with Gasteiger partial charge in [0, 0.05) is 30.7 Å². The van der Waals surface area contributed by atoms with Crippen LogP contribution in [-0.2, 0) is 26.1 Å². The van der Waals surface area contributed by atoms with Gasteiger partial charge in [0.25, 0.3) is 0 Å². The zero-order valence-electron chi connectivity index (χ0n) is 11.0. The minimum Gasteiger partial charge on any atom is -0.315 e. The molecule has 0 atom stereocenters. The van der Waals surface area contributed by atoms with Crippen LogP contribution in [0.1, 0.15) is 30.9 Å². The molecule has 0 aliphatic carbocycles. The number of nitrogens with zero attached hydrogens (tertiary/aromatic N) is 2. The highest BCUT2D eigenvalue weighted by Crippen LogP contribution is 2.21. The molecule has 0 amide bonds. The summed E-state index contributed by atoms with van der Waals surface area (Å²) in [6, 6.07) is 0. The molecule has 5 nitrogen and oxygen atoms in total. The lowest BCUT2D eigenvalue weighted by Crippen LogP contribution is -2.17. The first-order valence-corrected chi connectivity index (χ1v) is 7.52. The molecule has 7 heteroatoms. The molecule has 2 aromatic rings. The van der Waals surface area contributed by atoms with Gasteiger partial charge in [0.1, 0.15) is 0 Å². The first kappa shape index (κ1) is 14.3. The number of halogens is 1. The number of hydrogen-bond acceptors (Lipinski definition) is 4. The van der Waals surface area contributed by atoms with E-state index in [-0.39, 0.29) is 4.87 Å². The van der Waals surface area contributed by atoms with E-state index in [4.69, 9.17) is 11.6 Å². The Bertz CT molecular complexity index is 601. The quantitative estimate of drug-likeness (QED) is 0.859. The molecule has 0 aliphatic rings. The summed E-state index contributed by atoms with van der Waals surface area (Å²) in [6.07, 6.45) is 0.830. The predicted molar refractivity (Wildman–Crippen MR) is 77.8 cm³/mol. The number of hydrogen-bond donors (Lipinski definition) is 2. The zero-order valence-corrected chi connectivity index (χ0v) is 12.6. The van der Waals surface area contributed by atoms with Gasteiger partial charge < -0.3 is 10.3 Å². The van der Waals surface area contributed by atoms with Gasteiger partial charge in [-0.2, -0.15) is 5.10 Å². The second-order valence-electron chi connectivity index (χ2n) is 4.15. The standard InChI is InChI=1S/C12H17ClN4OS/c1-3-9-11(13)10(17(4-2)16-9)6-14-5-8-7-19-12(18)15-8/h7,14H,3-6H2,1-2H3,(H,15,18). The molecule has 19 heavy (non-hydrogen) atoms. The highest BCUT2D eigenvalue weighted by Gasteiger charge is 2.13. The molecule has 104 valence electrons. The first-order valence-electron chi connectivity index (χ1n) is 6.27. The molecular formula is C12H17ClN4OS. The summed E-state index contributed by atoms with van der Waals surface area (Å²) in [6.45, 7) is 6.14. The van der Waals surface area contributed by atoms with E-state index >= 15 is 0 Å². The summed E-state index contributed by atoms with van der Waals surface area (Å²) in [7, 11) is 0. The van der Waals surface area contributed by atoms with E-state index < -0.39 is 0 Å².